The number of nitrogens with zero attached hydrogens (tertiary/aromatic N) is 2. The van der Waals surface area contributed by atoms with Crippen LogP contribution in [0.5, 0.6) is 0 Å². The van der Waals surface area contributed by atoms with Crippen LogP contribution in [0, 0.1) is 0 Å². The summed E-state index contributed by atoms with van der Waals surface area (Å²) < 4.78 is 1.42. The van der Waals surface area contributed by atoms with Gasteiger partial charge in [-0.3, -0.25) is 14.2 Å². The van der Waals surface area contributed by atoms with Gasteiger partial charge in [-0.25, -0.2) is 4.98 Å². The van der Waals surface area contributed by atoms with Gasteiger partial charge in [0, 0.05) is 11.4 Å². The van der Waals surface area contributed by atoms with Crippen molar-refractivity contribution in [3.63, 3.8) is 0 Å². The van der Waals surface area contributed by atoms with E-state index in [9.17, 15) is 9.59 Å². The summed E-state index contributed by atoms with van der Waals surface area (Å²) in [6.45, 7) is 0.0804. The fraction of sp³-hybridized carbons (Fsp3) is 0.150. The summed E-state index contributed by atoms with van der Waals surface area (Å²) in [5.41, 5.74) is 1.35. The molecule has 0 amide bonds. The van der Waals surface area contributed by atoms with Crippen LogP contribution in [-0.4, -0.2) is 26.9 Å². The first-order valence-corrected chi connectivity index (χ1v) is 9.34. The predicted molar refractivity (Wildman–Crippen MR) is 105 cm³/mol. The molecule has 1 heterocycles. The number of carboxylic acid groups (broad SMARTS) is 1. The van der Waals surface area contributed by atoms with E-state index in [0.29, 0.717) is 16.7 Å². The molecule has 5 nitrogen and oxygen atoms in total. The van der Waals surface area contributed by atoms with Crippen molar-refractivity contribution < 1.29 is 9.90 Å². The standard InChI is InChI=1S/C20H18N2O3S/c1-26-15-9-6-14(7-10-15)8-11-18-21-17-5-3-2-4-16(17)20(25)22(18)13-12-19(23)24/h2-11H,12-13H2,1H3,(H,23,24). The first-order chi connectivity index (χ1) is 12.6. The molecule has 0 bridgehead atoms. The van der Waals surface area contributed by atoms with Gasteiger partial charge in [-0.15, -0.1) is 11.8 Å². The largest absolute Gasteiger partial charge is 0.481 e. The summed E-state index contributed by atoms with van der Waals surface area (Å²) in [6, 6.07) is 15.1. The van der Waals surface area contributed by atoms with E-state index < -0.39 is 5.97 Å². The molecular weight excluding hydrogens is 348 g/mol. The Kier molecular flexibility index (Phi) is 5.53. The quantitative estimate of drug-likeness (QED) is 0.673. The number of para-hydroxylation sites is 1. The first-order valence-electron chi connectivity index (χ1n) is 8.12. The summed E-state index contributed by atoms with van der Waals surface area (Å²) in [6.07, 6.45) is 5.51. The second kappa shape index (κ2) is 8.01. The number of rotatable bonds is 6. The molecule has 0 aliphatic carbocycles. The van der Waals surface area contributed by atoms with Gasteiger partial charge in [0.05, 0.1) is 17.3 Å². The molecule has 0 radical (unpaired) electrons. The van der Waals surface area contributed by atoms with Gasteiger partial charge in [-0.2, -0.15) is 0 Å². The van der Waals surface area contributed by atoms with Crippen LogP contribution in [0.4, 0.5) is 0 Å². The average molecular weight is 366 g/mol. The topological polar surface area (TPSA) is 72.2 Å². The number of carbonyl (C=O) groups is 1. The predicted octanol–water partition coefficient (Wildman–Crippen LogP) is 3.76. The molecule has 3 aromatic rings. The third kappa shape index (κ3) is 4.03. The highest BCUT2D eigenvalue weighted by molar-refractivity contribution is 7.98. The van der Waals surface area contributed by atoms with Crippen LogP contribution in [0.2, 0.25) is 0 Å². The molecule has 0 fully saturated rings. The minimum absolute atomic E-state index is 0.0804. The highest BCUT2D eigenvalue weighted by Gasteiger charge is 2.10. The smallest absolute Gasteiger partial charge is 0.305 e. The van der Waals surface area contributed by atoms with Crippen molar-refractivity contribution in [3.8, 4) is 0 Å². The minimum Gasteiger partial charge on any atom is -0.481 e. The maximum Gasteiger partial charge on any atom is 0.305 e. The molecule has 6 heteroatoms. The Balaban J connectivity index is 2.03. The number of benzene rings is 2. The van der Waals surface area contributed by atoms with Gasteiger partial charge in [0.25, 0.3) is 5.56 Å². The second-order valence-corrected chi connectivity index (χ2v) is 6.57. The fourth-order valence-electron chi connectivity index (χ4n) is 2.62. The molecule has 0 aliphatic rings. The molecule has 0 unspecified atom stereocenters. The van der Waals surface area contributed by atoms with Crippen LogP contribution in [0.3, 0.4) is 0 Å². The molecule has 3 rings (SSSR count). The van der Waals surface area contributed by atoms with Crippen molar-refractivity contribution in [2.45, 2.75) is 17.9 Å². The summed E-state index contributed by atoms with van der Waals surface area (Å²) >= 11 is 1.67. The van der Waals surface area contributed by atoms with E-state index in [0.717, 1.165) is 5.56 Å². The lowest BCUT2D eigenvalue weighted by atomic mass is 10.2. The average Bonchev–Trinajstić information content (AvgIpc) is 2.66. The van der Waals surface area contributed by atoms with Crippen molar-refractivity contribution in [2.24, 2.45) is 0 Å². The third-order valence-corrected chi connectivity index (χ3v) is 4.72. The van der Waals surface area contributed by atoms with Crippen LogP contribution in [0.25, 0.3) is 23.1 Å². The second-order valence-electron chi connectivity index (χ2n) is 5.69. The number of aromatic nitrogens is 2. The molecule has 2 aromatic carbocycles. The Morgan fingerprint density at radius 3 is 2.58 bits per heavy atom. The molecule has 26 heavy (non-hydrogen) atoms. The van der Waals surface area contributed by atoms with Gasteiger partial charge < -0.3 is 5.11 Å². The van der Waals surface area contributed by atoms with Crippen LogP contribution >= 0.6 is 11.8 Å². The van der Waals surface area contributed by atoms with E-state index in [2.05, 4.69) is 4.98 Å². The molecule has 1 aromatic heterocycles. The monoisotopic (exact) mass is 366 g/mol. The Morgan fingerprint density at radius 2 is 1.88 bits per heavy atom. The zero-order valence-corrected chi connectivity index (χ0v) is 15.1. The maximum atomic E-state index is 12.8. The molecule has 132 valence electrons. The first kappa shape index (κ1) is 17.9. The molecule has 0 saturated heterocycles. The Morgan fingerprint density at radius 1 is 1.15 bits per heavy atom. The summed E-state index contributed by atoms with van der Waals surface area (Å²) in [7, 11) is 0. The molecular formula is C20H18N2O3S. The van der Waals surface area contributed by atoms with E-state index in [1.807, 2.05) is 42.7 Å². The van der Waals surface area contributed by atoms with Crippen LogP contribution < -0.4 is 5.56 Å². The van der Waals surface area contributed by atoms with E-state index in [1.165, 1.54) is 9.46 Å². The minimum atomic E-state index is -0.951. The van der Waals surface area contributed by atoms with E-state index in [1.54, 1.807) is 36.0 Å². The lowest BCUT2D eigenvalue weighted by molar-refractivity contribution is -0.137. The van der Waals surface area contributed by atoms with Gasteiger partial charge in [-0.1, -0.05) is 30.3 Å². The Labute approximate surface area is 155 Å². The van der Waals surface area contributed by atoms with Crippen molar-refractivity contribution in [1.29, 1.82) is 0 Å². The van der Waals surface area contributed by atoms with Crippen molar-refractivity contribution in [2.75, 3.05) is 6.26 Å². The van der Waals surface area contributed by atoms with Crippen LogP contribution in [0.15, 0.2) is 58.2 Å². The Hall–Kier alpha value is -2.86. The SMILES string of the molecule is CSc1ccc(C=Cc2nc3ccccc3c(=O)n2CCC(=O)O)cc1. The van der Waals surface area contributed by atoms with Crippen LogP contribution in [-0.2, 0) is 11.3 Å². The zero-order valence-electron chi connectivity index (χ0n) is 14.3. The molecule has 1 N–H and O–H groups in total. The number of thioether (sulfide) groups is 1. The van der Waals surface area contributed by atoms with Gasteiger partial charge in [-0.05, 0) is 42.2 Å². The normalized spacial score (nSPS) is 11.3. The maximum absolute atomic E-state index is 12.8. The zero-order chi connectivity index (χ0) is 18.5. The summed E-state index contributed by atoms with van der Waals surface area (Å²) in [4.78, 5) is 29.4. The summed E-state index contributed by atoms with van der Waals surface area (Å²) in [5, 5.41) is 9.46. The van der Waals surface area contributed by atoms with Gasteiger partial charge >= 0.3 is 5.97 Å². The number of aliphatic carboxylic acids is 1. The van der Waals surface area contributed by atoms with Gasteiger partial charge in [0.2, 0.25) is 0 Å². The fourth-order valence-corrected chi connectivity index (χ4v) is 3.03. The highest BCUT2D eigenvalue weighted by Crippen LogP contribution is 2.16. The highest BCUT2D eigenvalue weighted by atomic mass is 32.2. The van der Waals surface area contributed by atoms with Crippen molar-refractivity contribution in [3.05, 3.63) is 70.3 Å². The number of fused-ring (bicyclic) bond motifs is 1. The van der Waals surface area contributed by atoms with Gasteiger partial charge in [0.15, 0.2) is 0 Å². The number of carboxylic acids is 1. The van der Waals surface area contributed by atoms with E-state index in [-0.39, 0.29) is 18.5 Å². The molecule has 0 spiro atoms. The molecule has 0 atom stereocenters. The van der Waals surface area contributed by atoms with Crippen molar-refractivity contribution >= 4 is 40.8 Å². The van der Waals surface area contributed by atoms with Crippen molar-refractivity contribution in [1.82, 2.24) is 9.55 Å². The summed E-state index contributed by atoms with van der Waals surface area (Å²) in [5.74, 6) is -0.503. The lowest BCUT2D eigenvalue weighted by Gasteiger charge is -2.10. The lowest BCUT2D eigenvalue weighted by Crippen LogP contribution is -2.25. The number of hydrogen-bond donors (Lipinski definition) is 1. The van der Waals surface area contributed by atoms with Crippen LogP contribution in [0.1, 0.15) is 17.8 Å². The van der Waals surface area contributed by atoms with E-state index >= 15 is 0 Å². The van der Waals surface area contributed by atoms with Gasteiger partial charge in [0.1, 0.15) is 5.82 Å². The third-order valence-electron chi connectivity index (χ3n) is 3.98. The Bertz CT molecular complexity index is 1020. The molecule has 0 aliphatic heterocycles. The number of hydrogen-bond acceptors (Lipinski definition) is 4. The van der Waals surface area contributed by atoms with E-state index in [4.69, 9.17) is 5.11 Å². The molecule has 0 saturated carbocycles.